The molecule has 2 rings (SSSR count). The fourth-order valence-corrected chi connectivity index (χ4v) is 2.88. The maximum atomic E-state index is 11.1. The molecule has 2 atom stereocenters. The second kappa shape index (κ2) is 6.57. The number of benzene rings is 1. The van der Waals surface area contributed by atoms with Crippen molar-refractivity contribution in [2.24, 2.45) is 16.7 Å². The van der Waals surface area contributed by atoms with Crippen molar-refractivity contribution in [1.82, 2.24) is 0 Å². The number of hydrogen-bond acceptors (Lipinski definition) is 3. The molecule has 6 heteroatoms. The lowest BCUT2D eigenvalue weighted by Gasteiger charge is -2.36. The zero-order valence-electron chi connectivity index (χ0n) is 12.8. The number of phenols is 1. The van der Waals surface area contributed by atoms with Gasteiger partial charge in [0.25, 0.3) is 0 Å². The van der Waals surface area contributed by atoms with Gasteiger partial charge >= 0.3 is 11.9 Å². The van der Waals surface area contributed by atoms with Crippen LogP contribution in [0.3, 0.4) is 0 Å². The molecule has 3 N–H and O–H groups in total. The zero-order chi connectivity index (χ0) is 17.1. The third-order valence-electron chi connectivity index (χ3n) is 4.82. The summed E-state index contributed by atoms with van der Waals surface area (Å²) in [5, 5.41) is 27.4. The summed E-state index contributed by atoms with van der Waals surface area (Å²) >= 11 is 5.50. The summed E-state index contributed by atoms with van der Waals surface area (Å²) in [6.07, 6.45) is 0.886. The highest BCUT2D eigenvalue weighted by atomic mass is 35.5. The van der Waals surface area contributed by atoms with Crippen molar-refractivity contribution in [3.63, 3.8) is 0 Å². The number of carbonyl (C=O) groups is 2. The molecular weight excluding hydrogens is 308 g/mol. The topological polar surface area (TPSA) is 94.8 Å². The average Bonchev–Trinajstić information content (AvgIpc) is 2.66. The molecule has 1 aromatic carbocycles. The lowest BCUT2D eigenvalue weighted by Crippen LogP contribution is -2.42. The Kier molecular flexibility index (Phi) is 5.46. The van der Waals surface area contributed by atoms with Crippen LogP contribution in [0.15, 0.2) is 24.3 Å². The molecule has 22 heavy (non-hydrogen) atoms. The van der Waals surface area contributed by atoms with Crippen LogP contribution in [-0.4, -0.2) is 27.3 Å². The molecule has 0 spiro atoms. The monoisotopic (exact) mass is 328 g/mol. The summed E-state index contributed by atoms with van der Waals surface area (Å²) in [5.74, 6) is -2.09. The van der Waals surface area contributed by atoms with Crippen LogP contribution in [0, 0.1) is 16.7 Å². The Hall–Kier alpha value is -1.75. The van der Waals surface area contributed by atoms with Gasteiger partial charge in [-0.05, 0) is 49.4 Å². The van der Waals surface area contributed by atoms with E-state index < -0.39 is 28.7 Å². The third kappa shape index (κ3) is 3.53. The molecule has 1 saturated carbocycles. The number of phenolic OH excluding ortho intramolecular Hbond substituents is 1. The Labute approximate surface area is 134 Å². The minimum absolute atomic E-state index is 0.245. The predicted molar refractivity (Wildman–Crippen MR) is 83.0 cm³/mol. The standard InChI is InChI=1S/C10H16O4.C6H5ClO/c1-9(2)6(7(11)12)4-5-10(9,3)8(13)14;7-5-1-3-6(8)4-2-5/h6H,4-5H2,1-3H3,(H,11,12)(H,13,14);1-4,8H. The van der Waals surface area contributed by atoms with Crippen LogP contribution < -0.4 is 0 Å². The number of rotatable bonds is 2. The van der Waals surface area contributed by atoms with Crippen LogP contribution in [0.1, 0.15) is 33.6 Å². The average molecular weight is 329 g/mol. The summed E-state index contributed by atoms with van der Waals surface area (Å²) < 4.78 is 0. The van der Waals surface area contributed by atoms with Gasteiger partial charge in [-0.3, -0.25) is 9.59 Å². The molecule has 1 aliphatic carbocycles. The van der Waals surface area contributed by atoms with E-state index in [2.05, 4.69) is 0 Å². The number of halogens is 1. The molecule has 1 fully saturated rings. The first-order chi connectivity index (χ1) is 10.0. The second-order valence-electron chi connectivity index (χ2n) is 6.26. The Bertz CT molecular complexity index is 531. The molecular formula is C16H21ClO5. The van der Waals surface area contributed by atoms with Gasteiger partial charge in [0.15, 0.2) is 0 Å². The largest absolute Gasteiger partial charge is 0.508 e. The van der Waals surface area contributed by atoms with E-state index in [1.807, 2.05) is 0 Å². The third-order valence-corrected chi connectivity index (χ3v) is 5.08. The summed E-state index contributed by atoms with van der Waals surface area (Å²) in [7, 11) is 0. The number of carboxylic acids is 2. The summed E-state index contributed by atoms with van der Waals surface area (Å²) in [6.45, 7) is 5.10. The number of carboxylic acid groups (broad SMARTS) is 2. The molecule has 0 saturated heterocycles. The van der Waals surface area contributed by atoms with E-state index in [1.165, 1.54) is 0 Å². The number of hydrogen-bond donors (Lipinski definition) is 3. The van der Waals surface area contributed by atoms with Crippen LogP contribution in [0.5, 0.6) is 5.75 Å². The Morgan fingerprint density at radius 3 is 1.91 bits per heavy atom. The molecule has 0 aliphatic heterocycles. The zero-order valence-corrected chi connectivity index (χ0v) is 13.6. The SMILES string of the molecule is CC1(C(=O)O)CCC(C(=O)O)C1(C)C.Oc1ccc(Cl)cc1. The van der Waals surface area contributed by atoms with Gasteiger partial charge in [-0.15, -0.1) is 0 Å². The van der Waals surface area contributed by atoms with Gasteiger partial charge in [0.1, 0.15) is 5.75 Å². The molecule has 5 nitrogen and oxygen atoms in total. The van der Waals surface area contributed by atoms with Gasteiger partial charge < -0.3 is 15.3 Å². The van der Waals surface area contributed by atoms with Crippen LogP contribution in [-0.2, 0) is 9.59 Å². The van der Waals surface area contributed by atoms with Crippen molar-refractivity contribution in [3.8, 4) is 5.75 Å². The van der Waals surface area contributed by atoms with Crippen molar-refractivity contribution in [1.29, 1.82) is 0 Å². The van der Waals surface area contributed by atoms with Gasteiger partial charge in [-0.1, -0.05) is 25.4 Å². The highest BCUT2D eigenvalue weighted by Crippen LogP contribution is 2.56. The highest BCUT2D eigenvalue weighted by Gasteiger charge is 2.58. The van der Waals surface area contributed by atoms with Crippen molar-refractivity contribution >= 4 is 23.5 Å². The normalized spacial score (nSPS) is 25.9. The number of aromatic hydroxyl groups is 1. The van der Waals surface area contributed by atoms with E-state index >= 15 is 0 Å². The Morgan fingerprint density at radius 2 is 1.64 bits per heavy atom. The molecule has 2 unspecified atom stereocenters. The molecule has 0 bridgehead atoms. The van der Waals surface area contributed by atoms with Crippen molar-refractivity contribution in [2.45, 2.75) is 33.6 Å². The van der Waals surface area contributed by atoms with Crippen LogP contribution in [0.2, 0.25) is 5.02 Å². The van der Waals surface area contributed by atoms with Gasteiger partial charge in [0, 0.05) is 5.02 Å². The van der Waals surface area contributed by atoms with E-state index in [9.17, 15) is 9.59 Å². The Balaban J connectivity index is 0.000000255. The fourth-order valence-electron chi connectivity index (χ4n) is 2.76. The van der Waals surface area contributed by atoms with Gasteiger partial charge in [0.05, 0.1) is 11.3 Å². The highest BCUT2D eigenvalue weighted by molar-refractivity contribution is 6.30. The first kappa shape index (κ1) is 18.3. The molecule has 0 radical (unpaired) electrons. The lowest BCUT2D eigenvalue weighted by molar-refractivity contribution is -0.157. The van der Waals surface area contributed by atoms with Gasteiger partial charge in [-0.25, -0.2) is 0 Å². The van der Waals surface area contributed by atoms with Crippen molar-refractivity contribution in [3.05, 3.63) is 29.3 Å². The molecule has 1 aliphatic rings. The summed E-state index contributed by atoms with van der Waals surface area (Å²) in [5.41, 5.74) is -1.61. The summed E-state index contributed by atoms with van der Waals surface area (Å²) in [4.78, 5) is 22.0. The lowest BCUT2D eigenvalue weighted by atomic mass is 9.66. The van der Waals surface area contributed by atoms with Crippen molar-refractivity contribution < 1.29 is 24.9 Å². The Morgan fingerprint density at radius 1 is 1.14 bits per heavy atom. The maximum absolute atomic E-state index is 11.1. The number of aliphatic carboxylic acids is 2. The molecule has 122 valence electrons. The second-order valence-corrected chi connectivity index (χ2v) is 6.70. The van der Waals surface area contributed by atoms with E-state index in [0.29, 0.717) is 17.9 Å². The molecule has 0 amide bonds. The molecule has 0 aromatic heterocycles. The van der Waals surface area contributed by atoms with Crippen LogP contribution in [0.4, 0.5) is 0 Å². The first-order valence-corrected chi connectivity index (χ1v) is 7.31. The minimum Gasteiger partial charge on any atom is -0.508 e. The minimum atomic E-state index is -0.921. The van der Waals surface area contributed by atoms with Gasteiger partial charge in [-0.2, -0.15) is 0 Å². The fraction of sp³-hybridized carbons (Fsp3) is 0.500. The van der Waals surface area contributed by atoms with Crippen molar-refractivity contribution in [2.75, 3.05) is 0 Å². The molecule has 1 aromatic rings. The maximum Gasteiger partial charge on any atom is 0.309 e. The van der Waals surface area contributed by atoms with Crippen LogP contribution >= 0.6 is 11.6 Å². The first-order valence-electron chi connectivity index (χ1n) is 6.93. The van der Waals surface area contributed by atoms with Gasteiger partial charge in [0.2, 0.25) is 0 Å². The molecule has 0 heterocycles. The predicted octanol–water partition coefficient (Wildman–Crippen LogP) is 3.64. The van der Waals surface area contributed by atoms with E-state index in [1.54, 1.807) is 45.0 Å². The van der Waals surface area contributed by atoms with Crippen LogP contribution in [0.25, 0.3) is 0 Å². The van der Waals surface area contributed by atoms with E-state index in [0.717, 1.165) is 0 Å². The van der Waals surface area contributed by atoms with E-state index in [-0.39, 0.29) is 5.75 Å². The summed E-state index contributed by atoms with van der Waals surface area (Å²) in [6, 6.07) is 6.36. The quantitative estimate of drug-likeness (QED) is 0.770. The smallest absolute Gasteiger partial charge is 0.309 e. The van der Waals surface area contributed by atoms with E-state index in [4.69, 9.17) is 26.9 Å².